The van der Waals surface area contributed by atoms with Gasteiger partial charge in [0.15, 0.2) is 0 Å². The van der Waals surface area contributed by atoms with Crippen molar-refractivity contribution in [3.63, 3.8) is 0 Å². The maximum atomic E-state index is 12.9. The van der Waals surface area contributed by atoms with Crippen LogP contribution in [-0.4, -0.2) is 39.1 Å². The number of aromatic nitrogens is 2. The largest absolute Gasteiger partial charge is 0.325 e. The number of hydrogen-bond acceptors (Lipinski definition) is 4. The molecule has 8 nitrogen and oxygen atoms in total. The number of aryl methyl sites for hydroxylation is 2. The van der Waals surface area contributed by atoms with Gasteiger partial charge in [-0.15, -0.1) is 0 Å². The predicted molar refractivity (Wildman–Crippen MR) is 100 cm³/mol. The SMILES string of the molecule is Cc1nn(C)c(C)c1NC(=O)CN1C(=O)N[C@@](C)(c2ccc(Cl)cc2)C1=O. The molecule has 1 aromatic heterocycles. The number of carbonyl (C=O) groups is 3. The molecule has 27 heavy (non-hydrogen) atoms. The van der Waals surface area contributed by atoms with E-state index in [2.05, 4.69) is 15.7 Å². The van der Waals surface area contributed by atoms with Crippen LogP contribution in [-0.2, 0) is 22.2 Å². The lowest BCUT2D eigenvalue weighted by atomic mass is 9.92. The summed E-state index contributed by atoms with van der Waals surface area (Å²) in [4.78, 5) is 38.5. The molecule has 9 heteroatoms. The lowest BCUT2D eigenvalue weighted by molar-refractivity contribution is -0.133. The number of nitrogens with zero attached hydrogens (tertiary/aromatic N) is 3. The first-order valence-corrected chi connectivity index (χ1v) is 8.71. The molecular weight excluding hydrogens is 370 g/mol. The minimum absolute atomic E-state index is 0.387. The number of rotatable bonds is 4. The number of benzene rings is 1. The van der Waals surface area contributed by atoms with Crippen LogP contribution in [0.2, 0.25) is 5.02 Å². The number of imide groups is 1. The summed E-state index contributed by atoms with van der Waals surface area (Å²) >= 11 is 5.89. The van der Waals surface area contributed by atoms with Gasteiger partial charge >= 0.3 is 6.03 Å². The Kier molecular flexibility index (Phi) is 4.69. The van der Waals surface area contributed by atoms with Crippen molar-refractivity contribution >= 4 is 35.1 Å². The van der Waals surface area contributed by atoms with E-state index in [1.54, 1.807) is 49.8 Å². The van der Waals surface area contributed by atoms with Crippen LogP contribution >= 0.6 is 11.6 Å². The molecule has 4 amide bonds. The molecule has 2 N–H and O–H groups in total. The molecule has 1 fully saturated rings. The minimum Gasteiger partial charge on any atom is -0.321 e. The topological polar surface area (TPSA) is 96.3 Å². The van der Waals surface area contributed by atoms with Crippen LogP contribution in [0, 0.1) is 13.8 Å². The van der Waals surface area contributed by atoms with Gasteiger partial charge in [0.05, 0.1) is 17.1 Å². The third-order valence-corrected chi connectivity index (χ3v) is 5.02. The lowest BCUT2D eigenvalue weighted by Gasteiger charge is -2.22. The highest BCUT2D eigenvalue weighted by molar-refractivity contribution is 6.30. The summed E-state index contributed by atoms with van der Waals surface area (Å²) in [7, 11) is 1.77. The molecular formula is C18H20ClN5O3. The highest BCUT2D eigenvalue weighted by atomic mass is 35.5. The maximum Gasteiger partial charge on any atom is 0.325 e. The van der Waals surface area contributed by atoms with Crippen LogP contribution < -0.4 is 10.6 Å². The van der Waals surface area contributed by atoms with Gasteiger partial charge in [0, 0.05) is 12.1 Å². The lowest BCUT2D eigenvalue weighted by Crippen LogP contribution is -2.42. The zero-order valence-electron chi connectivity index (χ0n) is 15.5. The molecule has 1 saturated heterocycles. The second kappa shape index (κ2) is 6.70. The smallest absolute Gasteiger partial charge is 0.321 e. The maximum absolute atomic E-state index is 12.9. The number of anilines is 1. The minimum atomic E-state index is -1.25. The second-order valence-electron chi connectivity index (χ2n) is 6.67. The molecule has 142 valence electrons. The summed E-state index contributed by atoms with van der Waals surface area (Å²) in [5.41, 5.74) is 1.36. The monoisotopic (exact) mass is 389 g/mol. The van der Waals surface area contributed by atoms with Crippen LogP contribution in [0.3, 0.4) is 0 Å². The average Bonchev–Trinajstić information content (AvgIpc) is 2.97. The molecule has 0 aliphatic carbocycles. The summed E-state index contributed by atoms with van der Waals surface area (Å²) in [5.74, 6) is -0.970. The fraction of sp³-hybridized carbons (Fsp3) is 0.333. The van der Waals surface area contributed by atoms with Gasteiger partial charge in [-0.05, 0) is 38.5 Å². The fourth-order valence-corrected chi connectivity index (χ4v) is 3.22. The normalized spacial score (nSPS) is 19.4. The van der Waals surface area contributed by atoms with Crippen LogP contribution in [0.5, 0.6) is 0 Å². The van der Waals surface area contributed by atoms with E-state index in [9.17, 15) is 14.4 Å². The first kappa shape index (κ1) is 18.9. The molecule has 2 aromatic rings. The van der Waals surface area contributed by atoms with Gasteiger partial charge in [0.2, 0.25) is 5.91 Å². The Balaban J connectivity index is 1.77. The molecule has 1 aliphatic heterocycles. The summed E-state index contributed by atoms with van der Waals surface area (Å²) in [6.07, 6.45) is 0. The third-order valence-electron chi connectivity index (χ3n) is 4.77. The first-order valence-electron chi connectivity index (χ1n) is 8.33. The van der Waals surface area contributed by atoms with Crippen molar-refractivity contribution in [3.8, 4) is 0 Å². The number of hydrogen-bond donors (Lipinski definition) is 2. The van der Waals surface area contributed by atoms with E-state index < -0.39 is 23.4 Å². The Morgan fingerprint density at radius 3 is 2.44 bits per heavy atom. The van der Waals surface area contributed by atoms with Crippen molar-refractivity contribution in [1.82, 2.24) is 20.0 Å². The summed E-state index contributed by atoms with van der Waals surface area (Å²) in [6, 6.07) is 6.02. The number of carbonyl (C=O) groups excluding carboxylic acids is 3. The van der Waals surface area contributed by atoms with E-state index >= 15 is 0 Å². The van der Waals surface area contributed by atoms with E-state index in [0.29, 0.717) is 22.0 Å². The van der Waals surface area contributed by atoms with Crippen LogP contribution in [0.4, 0.5) is 10.5 Å². The highest BCUT2D eigenvalue weighted by Gasteiger charge is 2.49. The van der Waals surface area contributed by atoms with Crippen molar-refractivity contribution < 1.29 is 14.4 Å². The number of amides is 4. The Morgan fingerprint density at radius 2 is 1.89 bits per heavy atom. The zero-order chi connectivity index (χ0) is 19.9. The van der Waals surface area contributed by atoms with Crippen molar-refractivity contribution in [2.45, 2.75) is 26.3 Å². The quantitative estimate of drug-likeness (QED) is 0.782. The van der Waals surface area contributed by atoms with Gasteiger partial charge in [0.25, 0.3) is 5.91 Å². The Bertz CT molecular complexity index is 937. The van der Waals surface area contributed by atoms with Gasteiger partial charge in [-0.3, -0.25) is 19.2 Å². The number of nitrogens with one attached hydrogen (secondary N) is 2. The zero-order valence-corrected chi connectivity index (χ0v) is 16.2. The van der Waals surface area contributed by atoms with E-state index in [1.165, 1.54) is 0 Å². The summed E-state index contributed by atoms with van der Waals surface area (Å²) in [6.45, 7) is 4.81. The Hall–Kier alpha value is -2.87. The second-order valence-corrected chi connectivity index (χ2v) is 7.11. The molecule has 1 atom stereocenters. The number of halogens is 1. The molecule has 3 rings (SSSR count). The van der Waals surface area contributed by atoms with Gasteiger partial charge in [-0.2, -0.15) is 5.10 Å². The molecule has 1 aromatic carbocycles. The number of urea groups is 1. The summed E-state index contributed by atoms with van der Waals surface area (Å²) in [5, 5.41) is 10.1. The van der Waals surface area contributed by atoms with Gasteiger partial charge in [0.1, 0.15) is 12.1 Å². The van der Waals surface area contributed by atoms with E-state index in [0.717, 1.165) is 10.6 Å². The molecule has 0 radical (unpaired) electrons. The fourth-order valence-electron chi connectivity index (χ4n) is 3.10. The average molecular weight is 390 g/mol. The van der Waals surface area contributed by atoms with Crippen molar-refractivity contribution in [1.29, 1.82) is 0 Å². The predicted octanol–water partition coefficient (Wildman–Crippen LogP) is 2.10. The van der Waals surface area contributed by atoms with Crippen molar-refractivity contribution in [2.24, 2.45) is 7.05 Å². The van der Waals surface area contributed by atoms with Gasteiger partial charge < -0.3 is 10.6 Å². The van der Waals surface area contributed by atoms with Crippen LogP contribution in [0.15, 0.2) is 24.3 Å². The van der Waals surface area contributed by atoms with Crippen LogP contribution in [0.1, 0.15) is 23.9 Å². The highest BCUT2D eigenvalue weighted by Crippen LogP contribution is 2.29. The molecule has 2 heterocycles. The van der Waals surface area contributed by atoms with Crippen LogP contribution in [0.25, 0.3) is 0 Å². The standard InChI is InChI=1S/C18H20ClN5O3/c1-10-15(11(2)23(4)22-10)20-14(25)9-24-16(26)18(3,21-17(24)27)12-5-7-13(19)8-6-12/h5-8H,9H2,1-4H3,(H,20,25)(H,21,27)/t18-/m0/s1. The van der Waals surface area contributed by atoms with Crippen molar-refractivity contribution in [2.75, 3.05) is 11.9 Å². The molecule has 0 bridgehead atoms. The summed E-state index contributed by atoms with van der Waals surface area (Å²) < 4.78 is 1.65. The molecule has 0 unspecified atom stereocenters. The Morgan fingerprint density at radius 1 is 1.26 bits per heavy atom. The van der Waals surface area contributed by atoms with E-state index in [-0.39, 0.29) is 6.54 Å². The van der Waals surface area contributed by atoms with Gasteiger partial charge in [-0.25, -0.2) is 4.79 Å². The first-order chi connectivity index (χ1) is 12.6. The molecule has 0 saturated carbocycles. The molecule has 0 spiro atoms. The van der Waals surface area contributed by atoms with E-state index in [4.69, 9.17) is 11.6 Å². The molecule has 1 aliphatic rings. The van der Waals surface area contributed by atoms with Gasteiger partial charge in [-0.1, -0.05) is 23.7 Å². The van der Waals surface area contributed by atoms with Crippen molar-refractivity contribution in [3.05, 3.63) is 46.2 Å². The van der Waals surface area contributed by atoms with E-state index in [1.807, 2.05) is 6.92 Å². The third kappa shape index (κ3) is 3.28. The Labute approximate surface area is 161 Å².